The molecule has 97 heavy (non-hydrogen) atoms. The smallest absolute Gasteiger partial charge is 0.259 e. The van der Waals surface area contributed by atoms with Gasteiger partial charge in [0.2, 0.25) is 17.5 Å². The minimum Gasteiger partial charge on any atom is -0.347 e. The fraction of sp³-hybridized carbons (Fsp3) is 0.405. The molecule has 8 heterocycles. The number of halogens is 1. The number of rotatable bonds is 4. The van der Waals surface area contributed by atoms with Crippen LogP contribution in [0.25, 0.3) is 49.9 Å². The number of carbonyl (C=O) groups excluding carboxylic acids is 4. The molecule has 4 aliphatic carbocycles. The lowest BCUT2D eigenvalue weighted by molar-refractivity contribution is -0.143. The number of amides is 4. The molecule has 4 amide bonds. The highest BCUT2D eigenvalue weighted by Gasteiger charge is 2.54. The number of piperidine rings is 1. The topological polar surface area (TPSA) is 157 Å². The Balaban J connectivity index is 0.000000123. The van der Waals surface area contributed by atoms with Crippen LogP contribution in [0.5, 0.6) is 0 Å². The van der Waals surface area contributed by atoms with E-state index in [-0.39, 0.29) is 75.7 Å². The lowest BCUT2D eigenvalue weighted by Crippen LogP contribution is -2.59. The number of hydrogen-bond acceptors (Lipinski definition) is 8. The SMILES string of the molecule is CC1C[C@]2(C)c3nn(C)c(-c4ccccc4)c3CC[C@H]2N(C)C1=O.CN1C(=O)C(I)=C[C@]2(C)c3nn(C)c(-c4ccccc4)c3CC[C@@H]12.CN1C(=O)C=C[C@]2(C)c3nn(C)c(-c4ccccc4)c3CC[C@@H]12.[3H]C.[C-]#[N+]C1=C[C@]2(C)c3nn(C)c(-c4ccccc4)c3CC[C@H]2N(C)C1=O. The van der Waals surface area contributed by atoms with Gasteiger partial charge in [-0.1, -0.05) is 161 Å². The lowest BCUT2D eigenvalue weighted by Gasteiger charge is -2.50. The molecule has 1 fully saturated rings. The van der Waals surface area contributed by atoms with Crippen molar-refractivity contribution in [1.29, 1.82) is 0 Å². The van der Waals surface area contributed by atoms with E-state index >= 15 is 0 Å². The third-order valence-electron chi connectivity index (χ3n) is 22.7. The van der Waals surface area contributed by atoms with Crippen molar-refractivity contribution in [3.63, 3.8) is 0 Å². The van der Waals surface area contributed by atoms with Gasteiger partial charge in [-0.25, -0.2) is 4.85 Å². The van der Waals surface area contributed by atoms with Crippen molar-refractivity contribution in [2.45, 2.75) is 146 Å². The molecule has 4 aliphatic heterocycles. The summed E-state index contributed by atoms with van der Waals surface area (Å²) in [7, 11) is 16.9. The van der Waals surface area contributed by atoms with E-state index in [1.165, 1.54) is 69.1 Å². The van der Waals surface area contributed by atoms with E-state index in [2.05, 4.69) is 159 Å². The molecule has 17 nitrogen and oxygen atoms in total. The van der Waals surface area contributed by atoms with E-state index in [1.54, 1.807) is 18.0 Å². The third-order valence-corrected chi connectivity index (χ3v) is 23.4. The van der Waals surface area contributed by atoms with Crippen LogP contribution in [0.15, 0.2) is 155 Å². The van der Waals surface area contributed by atoms with Gasteiger partial charge in [0.15, 0.2) is 0 Å². The molecule has 1 unspecified atom stereocenters. The summed E-state index contributed by atoms with van der Waals surface area (Å²) < 4.78 is 14.5. The molecule has 0 bridgehead atoms. The fourth-order valence-corrected chi connectivity index (χ4v) is 19.1. The van der Waals surface area contributed by atoms with Gasteiger partial charge in [0.05, 0.1) is 66.5 Å². The summed E-state index contributed by atoms with van der Waals surface area (Å²) >= 11 is 2.16. The number of aryl methyl sites for hydroxylation is 4. The van der Waals surface area contributed by atoms with Gasteiger partial charge in [-0.05, 0) is 101 Å². The second kappa shape index (κ2) is 25.8. The molecule has 16 rings (SSSR count). The zero-order chi connectivity index (χ0) is 70.1. The first-order chi connectivity index (χ1) is 46.9. The Kier molecular flexibility index (Phi) is 17.7. The van der Waals surface area contributed by atoms with Crippen LogP contribution in [0, 0.1) is 12.5 Å². The summed E-state index contributed by atoms with van der Waals surface area (Å²) in [6.07, 6.45) is 16.2. The normalized spacial score (nSPS) is 26.4. The van der Waals surface area contributed by atoms with Crippen LogP contribution in [0.3, 0.4) is 0 Å². The number of likely N-dealkylation sites (tertiary alicyclic amines) is 1. The first-order valence-corrected chi connectivity index (χ1v) is 34.7. The zero-order valence-electron chi connectivity index (χ0n) is 59.4. The average molecular weight is 1410 g/mol. The molecule has 4 aromatic heterocycles. The highest BCUT2D eigenvalue weighted by Crippen LogP contribution is 2.52. The Hall–Kier alpha value is -8.96. The summed E-state index contributed by atoms with van der Waals surface area (Å²) in [6.45, 7) is 18.2. The molecule has 0 N–H and O–H groups in total. The van der Waals surface area contributed by atoms with Gasteiger partial charge >= 0.3 is 0 Å². The summed E-state index contributed by atoms with van der Waals surface area (Å²) in [5.74, 6) is 0.375. The van der Waals surface area contributed by atoms with Gasteiger partial charge in [-0.3, -0.25) is 37.9 Å². The number of aromatic nitrogens is 8. The fourth-order valence-electron chi connectivity index (χ4n) is 18.1. The van der Waals surface area contributed by atoms with Crippen LogP contribution in [0.1, 0.15) is 121 Å². The van der Waals surface area contributed by atoms with Crippen molar-refractivity contribution in [3.05, 3.63) is 211 Å². The summed E-state index contributed by atoms with van der Waals surface area (Å²) in [5, 5.41) is 19.6. The van der Waals surface area contributed by atoms with Gasteiger partial charge in [-0.15, -0.1) is 0 Å². The third kappa shape index (κ3) is 11.1. The first kappa shape index (κ1) is 66.6. The van der Waals surface area contributed by atoms with E-state index in [4.69, 9.17) is 28.3 Å². The van der Waals surface area contributed by atoms with E-state index in [0.717, 1.165) is 89.7 Å². The molecule has 9 atom stereocenters. The number of carbonyl (C=O) groups is 4. The average Bonchev–Trinajstić information content (AvgIpc) is 1.51. The maximum Gasteiger partial charge on any atom is 0.259 e. The largest absolute Gasteiger partial charge is 0.347 e. The lowest BCUT2D eigenvalue weighted by atomic mass is 9.63. The second-order valence-corrected chi connectivity index (χ2v) is 29.6. The molecule has 4 aromatic carbocycles. The molecule has 0 radical (unpaired) electrons. The van der Waals surface area contributed by atoms with Gasteiger partial charge in [-0.2, -0.15) is 20.4 Å². The van der Waals surface area contributed by atoms with E-state index in [0.29, 0.717) is 0 Å². The minimum absolute atomic E-state index is 0.0384. The Morgan fingerprint density at radius 3 is 1.22 bits per heavy atom. The predicted octanol–water partition coefficient (Wildman–Crippen LogP) is 12.9. The minimum atomic E-state index is -0.430. The number of nitrogens with zero attached hydrogens (tertiary/aromatic N) is 13. The van der Waals surface area contributed by atoms with Gasteiger partial charge in [0, 0.05) is 149 Å². The van der Waals surface area contributed by atoms with Crippen LogP contribution < -0.4 is 0 Å². The maximum atomic E-state index is 12.4. The van der Waals surface area contributed by atoms with E-state index in [9.17, 15) is 19.2 Å². The van der Waals surface area contributed by atoms with Crippen molar-refractivity contribution in [3.8, 4) is 45.0 Å². The molecule has 0 saturated carbocycles. The highest BCUT2D eigenvalue weighted by molar-refractivity contribution is 14.1. The van der Waals surface area contributed by atoms with Gasteiger partial charge in [0.1, 0.15) is 0 Å². The van der Waals surface area contributed by atoms with E-state index < -0.39 is 5.41 Å². The number of benzene rings is 4. The molecule has 8 aliphatic rings. The van der Waals surface area contributed by atoms with Crippen molar-refractivity contribution < 1.29 is 20.5 Å². The summed E-state index contributed by atoms with van der Waals surface area (Å²) in [5.41, 5.74) is 18.5. The second-order valence-electron chi connectivity index (χ2n) is 28.4. The van der Waals surface area contributed by atoms with Crippen molar-refractivity contribution in [1.82, 2.24) is 58.7 Å². The van der Waals surface area contributed by atoms with Gasteiger partial charge in [0.25, 0.3) is 11.8 Å². The van der Waals surface area contributed by atoms with E-state index in [1.807, 2.05) is 125 Å². The molecular formula is C79H90IN13O4. The molecule has 18 heteroatoms. The van der Waals surface area contributed by atoms with Crippen LogP contribution in [0.4, 0.5) is 0 Å². The Morgan fingerprint density at radius 2 is 0.814 bits per heavy atom. The molecule has 1 saturated heterocycles. The monoisotopic (exact) mass is 1410 g/mol. The molecule has 8 aromatic rings. The van der Waals surface area contributed by atoms with Crippen molar-refractivity contribution >= 4 is 46.2 Å². The summed E-state index contributed by atoms with van der Waals surface area (Å²) in [6, 6.07) is 42.4. The Bertz CT molecular complexity index is 4550. The Morgan fingerprint density at radius 1 is 0.474 bits per heavy atom. The molecule has 502 valence electrons. The molecular weight excluding hydrogens is 1320 g/mol. The number of hydrogen-bond donors (Lipinski definition) is 0. The Labute approximate surface area is 586 Å². The number of fused-ring (bicyclic) bond motifs is 12. The maximum absolute atomic E-state index is 12.4. The first-order valence-electron chi connectivity index (χ1n) is 34.6. The predicted molar refractivity (Wildman–Crippen MR) is 390 cm³/mol. The van der Waals surface area contributed by atoms with Crippen LogP contribution in [-0.4, -0.2) is 135 Å². The highest BCUT2D eigenvalue weighted by atomic mass is 127. The van der Waals surface area contributed by atoms with Crippen molar-refractivity contribution in [2.24, 2.45) is 34.1 Å². The quantitative estimate of drug-likeness (QED) is 0.124. The van der Waals surface area contributed by atoms with Crippen LogP contribution in [0.2, 0.25) is 0 Å². The van der Waals surface area contributed by atoms with Crippen molar-refractivity contribution in [2.75, 3.05) is 28.2 Å². The van der Waals surface area contributed by atoms with Crippen LogP contribution >= 0.6 is 22.6 Å². The van der Waals surface area contributed by atoms with Gasteiger partial charge < -0.3 is 19.6 Å². The summed E-state index contributed by atoms with van der Waals surface area (Å²) in [4.78, 5) is 60.1. The zero-order valence-corrected chi connectivity index (χ0v) is 60.6. The number of likely N-dealkylation sites (N-methyl/N-ethyl adjacent to an activating group) is 4. The molecule has 0 spiro atoms. The van der Waals surface area contributed by atoms with Crippen LogP contribution in [-0.2, 0) is 94.7 Å². The standard InChI is InChI=1S/C20H20N4O.C20H25N3O.C19H20IN3O.C19H21N3O.CH4/c1-20-12-15(21-2)19(25)23(3)16(20)11-10-14-17(24(4)22-18(14)20)13-8-6-5-7-9-13;1-13-12-20(2)16(22(3)19(13)24)11-10-15-17(23(4)21-18(15)20)14-8-6-5-7-9-14;1-19-11-14(20)18(24)22(2)15(19)10-9-13-16(23(3)21-17(13)19)12-7-5-4-6-8-12;1-19-12-11-16(23)21(2)15(19)10-9-14-17(22(3)20-18(14)19)13-7-5-4-6-8-13;/h5-9,12,16H,10-11H2,1,3-4H3;5-9,13,16H,10-12H2,1-4H3;4-8,11,15H,9-10H2,1-3H3;4-8,11-12,15H,9-10H2,1-3H3;1H4/t16-,20+;13?,16-,20+;2*15-,19+;/m1111./s1/i;;;;1T.